The molecule has 0 unspecified atom stereocenters. The van der Waals surface area contributed by atoms with Gasteiger partial charge in [-0.15, -0.1) is 0 Å². The third-order valence-corrected chi connectivity index (χ3v) is 5.33. The molecule has 0 radical (unpaired) electrons. The fourth-order valence-corrected chi connectivity index (χ4v) is 3.98. The Kier molecular flexibility index (Phi) is 4.86. The van der Waals surface area contributed by atoms with E-state index in [1.54, 1.807) is 18.3 Å². The highest BCUT2D eigenvalue weighted by Gasteiger charge is 2.32. The molecule has 0 aliphatic carbocycles. The van der Waals surface area contributed by atoms with E-state index in [4.69, 9.17) is 21.1 Å². The zero-order valence-corrected chi connectivity index (χ0v) is 16.4. The molecule has 3 aromatic rings. The van der Waals surface area contributed by atoms with Crippen LogP contribution in [-0.4, -0.2) is 23.7 Å². The van der Waals surface area contributed by atoms with Crippen LogP contribution in [0.3, 0.4) is 0 Å². The van der Waals surface area contributed by atoms with E-state index < -0.39 is 6.29 Å². The standard InChI is InChI=1S/C20H17ClN2O3S/c1-3-25-19-14(18(24)13-8-11(2)4-7-16(13)26-19)10-22-20-23-15-6-5-12(21)9-17(15)27-20/h4-10,19H,3H2,1-2H3,(H,22,23)/b14-10+/t19-/m1/s1. The van der Waals surface area contributed by atoms with E-state index in [0.717, 1.165) is 15.8 Å². The molecule has 1 aromatic heterocycles. The van der Waals surface area contributed by atoms with Gasteiger partial charge in [0.1, 0.15) is 5.75 Å². The summed E-state index contributed by atoms with van der Waals surface area (Å²) in [5, 5.41) is 4.44. The molecule has 1 N–H and O–H groups in total. The normalized spacial score (nSPS) is 17.8. The van der Waals surface area contributed by atoms with Crippen LogP contribution < -0.4 is 10.1 Å². The van der Waals surface area contributed by atoms with E-state index in [2.05, 4.69) is 10.3 Å². The van der Waals surface area contributed by atoms with Gasteiger partial charge in [0.15, 0.2) is 10.9 Å². The van der Waals surface area contributed by atoms with Crippen molar-refractivity contribution in [2.24, 2.45) is 0 Å². The Morgan fingerprint density at radius 1 is 1.33 bits per heavy atom. The van der Waals surface area contributed by atoms with Crippen LogP contribution >= 0.6 is 22.9 Å². The highest BCUT2D eigenvalue weighted by molar-refractivity contribution is 7.22. The number of rotatable bonds is 4. The summed E-state index contributed by atoms with van der Waals surface area (Å²) in [5.41, 5.74) is 2.79. The maximum atomic E-state index is 13.0. The van der Waals surface area contributed by atoms with Gasteiger partial charge in [0.05, 0.1) is 21.4 Å². The van der Waals surface area contributed by atoms with E-state index in [9.17, 15) is 4.79 Å². The zero-order chi connectivity index (χ0) is 19.0. The summed E-state index contributed by atoms with van der Waals surface area (Å²) in [7, 11) is 0. The van der Waals surface area contributed by atoms with Crippen LogP contribution in [-0.2, 0) is 4.74 Å². The lowest BCUT2D eigenvalue weighted by Crippen LogP contribution is -2.33. The zero-order valence-electron chi connectivity index (χ0n) is 14.8. The number of anilines is 1. The average Bonchev–Trinajstić information content (AvgIpc) is 3.04. The van der Waals surface area contributed by atoms with E-state index in [0.29, 0.717) is 33.6 Å². The van der Waals surface area contributed by atoms with Crippen LogP contribution in [0, 0.1) is 6.92 Å². The third-order valence-electron chi connectivity index (χ3n) is 4.15. The van der Waals surface area contributed by atoms with Crippen molar-refractivity contribution in [3.8, 4) is 5.75 Å². The maximum absolute atomic E-state index is 13.0. The molecule has 2 heterocycles. The molecular weight excluding hydrogens is 384 g/mol. The number of carbonyl (C=O) groups excluding carboxylic acids is 1. The van der Waals surface area contributed by atoms with Gasteiger partial charge < -0.3 is 14.8 Å². The van der Waals surface area contributed by atoms with Gasteiger partial charge in [-0.05, 0) is 44.2 Å². The minimum absolute atomic E-state index is 0.116. The van der Waals surface area contributed by atoms with Crippen molar-refractivity contribution in [2.45, 2.75) is 20.1 Å². The minimum Gasteiger partial charge on any atom is -0.460 e. The highest BCUT2D eigenvalue weighted by Crippen LogP contribution is 2.33. The van der Waals surface area contributed by atoms with Gasteiger partial charge in [-0.2, -0.15) is 0 Å². The van der Waals surface area contributed by atoms with E-state index in [-0.39, 0.29) is 5.78 Å². The number of fused-ring (bicyclic) bond motifs is 2. The van der Waals surface area contributed by atoms with Gasteiger partial charge in [-0.3, -0.25) is 4.79 Å². The molecule has 138 valence electrons. The fraction of sp³-hybridized carbons (Fsp3) is 0.200. The van der Waals surface area contributed by atoms with Gasteiger partial charge in [0, 0.05) is 17.8 Å². The van der Waals surface area contributed by atoms with Crippen molar-refractivity contribution in [3.63, 3.8) is 0 Å². The SMILES string of the molecule is CCO[C@@H]1Oc2ccc(C)cc2C(=O)/C1=C\Nc1nc2ccc(Cl)cc2s1. The van der Waals surface area contributed by atoms with Crippen LogP contribution in [0.25, 0.3) is 10.2 Å². The summed E-state index contributed by atoms with van der Waals surface area (Å²) in [6.45, 7) is 4.23. The van der Waals surface area contributed by atoms with Crippen molar-refractivity contribution < 1.29 is 14.3 Å². The molecule has 5 nitrogen and oxygen atoms in total. The number of ketones is 1. The van der Waals surface area contributed by atoms with E-state index in [1.807, 2.05) is 38.1 Å². The van der Waals surface area contributed by atoms with Gasteiger partial charge in [0.25, 0.3) is 0 Å². The molecular formula is C20H17ClN2O3S. The Labute approximate surface area is 165 Å². The molecule has 2 aromatic carbocycles. The van der Waals surface area contributed by atoms with Gasteiger partial charge >= 0.3 is 0 Å². The van der Waals surface area contributed by atoms with Crippen molar-refractivity contribution >= 4 is 44.1 Å². The number of aryl methyl sites for hydroxylation is 1. The number of Topliss-reactive ketones (excluding diaryl/α,β-unsaturated/α-hetero) is 1. The minimum atomic E-state index is -0.756. The van der Waals surface area contributed by atoms with E-state index >= 15 is 0 Å². The molecule has 0 amide bonds. The summed E-state index contributed by atoms with van der Waals surface area (Å²) >= 11 is 7.49. The lowest BCUT2D eigenvalue weighted by Gasteiger charge is -2.27. The van der Waals surface area contributed by atoms with Crippen molar-refractivity contribution in [3.05, 3.63) is 64.3 Å². The summed E-state index contributed by atoms with van der Waals surface area (Å²) in [6.07, 6.45) is 0.863. The Hall–Kier alpha value is -2.41. The molecule has 1 aliphatic heterocycles. The fourth-order valence-electron chi connectivity index (χ4n) is 2.87. The maximum Gasteiger partial charge on any atom is 0.232 e. The average molecular weight is 401 g/mol. The number of hydrogen-bond donors (Lipinski definition) is 1. The molecule has 1 atom stereocenters. The van der Waals surface area contributed by atoms with Crippen LogP contribution in [0.2, 0.25) is 5.02 Å². The first kappa shape index (κ1) is 18.0. The Morgan fingerprint density at radius 2 is 2.19 bits per heavy atom. The number of carbonyl (C=O) groups is 1. The number of hydrogen-bond acceptors (Lipinski definition) is 6. The second kappa shape index (κ2) is 7.31. The number of benzene rings is 2. The number of nitrogens with zero attached hydrogens (tertiary/aromatic N) is 1. The number of halogens is 1. The first-order valence-electron chi connectivity index (χ1n) is 8.51. The first-order chi connectivity index (χ1) is 13.0. The van der Waals surface area contributed by atoms with Crippen LogP contribution in [0.15, 0.2) is 48.2 Å². The number of thiazole rings is 1. The third kappa shape index (κ3) is 3.56. The number of nitrogens with one attached hydrogen (secondary N) is 1. The highest BCUT2D eigenvalue weighted by atomic mass is 35.5. The van der Waals surface area contributed by atoms with Crippen LogP contribution in [0.4, 0.5) is 5.13 Å². The molecule has 0 fully saturated rings. The number of aromatic nitrogens is 1. The van der Waals surface area contributed by atoms with E-state index in [1.165, 1.54) is 11.3 Å². The Morgan fingerprint density at radius 3 is 3.00 bits per heavy atom. The van der Waals surface area contributed by atoms with Crippen molar-refractivity contribution in [1.82, 2.24) is 4.98 Å². The number of ether oxygens (including phenoxy) is 2. The topological polar surface area (TPSA) is 60.5 Å². The van der Waals surface area contributed by atoms with Crippen molar-refractivity contribution in [2.75, 3.05) is 11.9 Å². The summed E-state index contributed by atoms with van der Waals surface area (Å²) in [6, 6.07) is 11.1. The van der Waals surface area contributed by atoms with Gasteiger partial charge in [-0.25, -0.2) is 4.98 Å². The molecule has 27 heavy (non-hydrogen) atoms. The lowest BCUT2D eigenvalue weighted by atomic mass is 9.98. The second-order valence-electron chi connectivity index (χ2n) is 6.11. The quantitative estimate of drug-likeness (QED) is 0.610. The Balaban J connectivity index is 1.67. The molecule has 0 saturated carbocycles. The van der Waals surface area contributed by atoms with Gasteiger partial charge in [0.2, 0.25) is 6.29 Å². The summed E-state index contributed by atoms with van der Waals surface area (Å²) in [5.74, 6) is 0.422. The van der Waals surface area contributed by atoms with Gasteiger partial charge in [-0.1, -0.05) is 34.6 Å². The largest absolute Gasteiger partial charge is 0.460 e. The van der Waals surface area contributed by atoms with Crippen molar-refractivity contribution in [1.29, 1.82) is 0 Å². The molecule has 1 aliphatic rings. The molecule has 0 spiro atoms. The summed E-state index contributed by atoms with van der Waals surface area (Å²) < 4.78 is 12.5. The monoisotopic (exact) mass is 400 g/mol. The predicted molar refractivity (Wildman–Crippen MR) is 108 cm³/mol. The Bertz CT molecular complexity index is 1060. The first-order valence-corrected chi connectivity index (χ1v) is 9.71. The molecule has 0 saturated heterocycles. The lowest BCUT2D eigenvalue weighted by molar-refractivity contribution is -0.0509. The molecule has 7 heteroatoms. The molecule has 0 bridgehead atoms. The predicted octanol–water partition coefficient (Wildman–Crippen LogP) is 5.19. The second-order valence-corrected chi connectivity index (χ2v) is 7.58. The smallest absolute Gasteiger partial charge is 0.232 e. The summed E-state index contributed by atoms with van der Waals surface area (Å²) in [4.78, 5) is 17.5. The molecule has 4 rings (SSSR count). The van der Waals surface area contributed by atoms with Crippen LogP contribution in [0.1, 0.15) is 22.8 Å². The van der Waals surface area contributed by atoms with Crippen LogP contribution in [0.5, 0.6) is 5.75 Å².